The van der Waals surface area contributed by atoms with Gasteiger partial charge in [0.05, 0.1) is 21.9 Å². The fraction of sp³-hybridized carbons (Fsp3) is 0.381. The molecule has 1 atom stereocenters. The van der Waals surface area contributed by atoms with Crippen molar-refractivity contribution in [2.45, 2.75) is 43.7 Å². The maximum atomic E-state index is 15.1. The van der Waals surface area contributed by atoms with E-state index in [1.54, 1.807) is 23.2 Å². The van der Waals surface area contributed by atoms with Crippen molar-refractivity contribution >= 4 is 27.1 Å². The number of sulfone groups is 1. The van der Waals surface area contributed by atoms with E-state index in [4.69, 9.17) is 21.8 Å². The summed E-state index contributed by atoms with van der Waals surface area (Å²) in [5.74, 6) is -0.724. The second kappa shape index (κ2) is 8.09. The summed E-state index contributed by atoms with van der Waals surface area (Å²) in [6, 6.07) is 5.22. The lowest BCUT2D eigenvalue weighted by atomic mass is 9.97. The van der Waals surface area contributed by atoms with E-state index in [2.05, 4.69) is 15.2 Å². The Bertz CT molecular complexity index is 1260. The van der Waals surface area contributed by atoms with Crippen LogP contribution in [0.1, 0.15) is 32.2 Å². The van der Waals surface area contributed by atoms with E-state index >= 15 is 4.39 Å². The van der Waals surface area contributed by atoms with Gasteiger partial charge in [-0.25, -0.2) is 17.8 Å². The molecule has 3 heterocycles. The van der Waals surface area contributed by atoms with Crippen LogP contribution in [0.3, 0.4) is 0 Å². The molecule has 0 bridgehead atoms. The Morgan fingerprint density at radius 2 is 2.03 bits per heavy atom. The predicted octanol–water partition coefficient (Wildman–Crippen LogP) is 3.34. The molecule has 2 N–H and O–H groups in total. The first-order valence-corrected chi connectivity index (χ1v) is 12.0. The van der Waals surface area contributed by atoms with Crippen molar-refractivity contribution in [1.29, 1.82) is 0 Å². The third kappa shape index (κ3) is 4.48. The lowest BCUT2D eigenvalue weighted by molar-refractivity contribution is 0.398. The molecule has 1 aliphatic heterocycles. The Kier molecular flexibility index (Phi) is 5.72. The maximum absolute atomic E-state index is 15.1. The Balaban J connectivity index is 1.84. The summed E-state index contributed by atoms with van der Waals surface area (Å²) in [6.45, 7) is 6.24. The molecule has 0 aliphatic carbocycles. The van der Waals surface area contributed by atoms with Gasteiger partial charge in [-0.05, 0) is 23.8 Å². The highest BCUT2D eigenvalue weighted by atomic mass is 35.5. The van der Waals surface area contributed by atoms with E-state index in [9.17, 15) is 8.42 Å². The largest absolute Gasteiger partial charge is 0.420 e. The van der Waals surface area contributed by atoms with E-state index in [0.29, 0.717) is 23.3 Å². The summed E-state index contributed by atoms with van der Waals surface area (Å²) < 4.78 is 46.6. The van der Waals surface area contributed by atoms with Crippen LogP contribution in [0.25, 0.3) is 11.5 Å². The summed E-state index contributed by atoms with van der Waals surface area (Å²) >= 11 is 5.87. The number of aromatic nitrogens is 3. The van der Waals surface area contributed by atoms with Crippen molar-refractivity contribution in [3.8, 4) is 11.5 Å². The zero-order chi connectivity index (χ0) is 23.3. The van der Waals surface area contributed by atoms with Crippen LogP contribution in [0.4, 0.5) is 10.1 Å². The molecule has 0 saturated carbocycles. The lowest BCUT2D eigenvalue weighted by Gasteiger charge is -2.26. The molecule has 0 saturated heterocycles. The van der Waals surface area contributed by atoms with Crippen molar-refractivity contribution in [2.75, 3.05) is 17.2 Å². The van der Waals surface area contributed by atoms with Crippen LogP contribution in [-0.2, 0) is 21.8 Å². The molecule has 1 aromatic carbocycles. The average molecular weight is 480 g/mol. The second-order valence-corrected chi connectivity index (χ2v) is 11.3. The molecule has 0 spiro atoms. The number of fused-ring (bicyclic) bond motifs is 1. The Labute approximate surface area is 190 Å². The number of nitrogens with two attached hydrogens (primary N) is 1. The number of anilines is 1. The second-order valence-electron chi connectivity index (χ2n) is 8.87. The van der Waals surface area contributed by atoms with Crippen LogP contribution >= 0.6 is 11.6 Å². The van der Waals surface area contributed by atoms with Crippen LogP contribution in [0, 0.1) is 5.82 Å². The number of hydrogen-bond donors (Lipinski definition) is 1. The Hall–Kier alpha value is -2.56. The maximum Gasteiger partial charge on any atom is 0.250 e. The Morgan fingerprint density at radius 3 is 2.66 bits per heavy atom. The average Bonchev–Trinajstić information content (AvgIpc) is 3.16. The molecule has 2 aromatic heterocycles. The topological polar surface area (TPSA) is 115 Å². The fourth-order valence-corrected chi connectivity index (χ4v) is 5.26. The number of benzene rings is 1. The predicted molar refractivity (Wildman–Crippen MR) is 119 cm³/mol. The van der Waals surface area contributed by atoms with Crippen molar-refractivity contribution < 1.29 is 17.2 Å². The van der Waals surface area contributed by atoms with Gasteiger partial charge in [0.15, 0.2) is 9.84 Å². The van der Waals surface area contributed by atoms with Gasteiger partial charge in [0.1, 0.15) is 11.0 Å². The summed E-state index contributed by atoms with van der Waals surface area (Å²) in [6.07, 6.45) is 1.60. The summed E-state index contributed by atoms with van der Waals surface area (Å²) in [5.41, 5.74) is 6.83. The highest BCUT2D eigenvalue weighted by Gasteiger charge is 2.33. The Morgan fingerprint density at radius 1 is 1.28 bits per heavy atom. The van der Waals surface area contributed by atoms with Crippen LogP contribution in [0.5, 0.6) is 0 Å². The van der Waals surface area contributed by atoms with Gasteiger partial charge < -0.3 is 15.1 Å². The number of nitrogens with zero attached hydrogens (tertiary/aromatic N) is 4. The first-order chi connectivity index (χ1) is 14.9. The smallest absolute Gasteiger partial charge is 0.250 e. The van der Waals surface area contributed by atoms with E-state index in [1.807, 2.05) is 20.8 Å². The van der Waals surface area contributed by atoms with Gasteiger partial charge in [-0.2, -0.15) is 0 Å². The minimum atomic E-state index is -3.81. The summed E-state index contributed by atoms with van der Waals surface area (Å²) in [7, 11) is -3.81. The zero-order valence-electron chi connectivity index (χ0n) is 17.8. The third-order valence-electron chi connectivity index (χ3n) is 5.07. The van der Waals surface area contributed by atoms with E-state index in [1.165, 1.54) is 6.07 Å². The lowest BCUT2D eigenvalue weighted by Crippen LogP contribution is -2.39. The minimum absolute atomic E-state index is 0.0192. The van der Waals surface area contributed by atoms with Crippen LogP contribution in [-0.4, -0.2) is 41.9 Å². The zero-order valence-corrected chi connectivity index (χ0v) is 19.4. The SMILES string of the molecule is CC(C)(C)c1nnc(-c2cc3c(cc2F)S(=O)(=O)C[C@H](N)CN3Cc2ccc(Cl)nc2)o1. The summed E-state index contributed by atoms with van der Waals surface area (Å²) in [5, 5.41) is 8.34. The number of rotatable bonds is 3. The first kappa shape index (κ1) is 22.6. The molecule has 4 rings (SSSR count). The van der Waals surface area contributed by atoms with Crippen molar-refractivity contribution in [2.24, 2.45) is 5.73 Å². The molecule has 11 heteroatoms. The van der Waals surface area contributed by atoms with Crippen molar-refractivity contribution in [3.63, 3.8) is 0 Å². The van der Waals surface area contributed by atoms with Crippen LogP contribution < -0.4 is 10.6 Å². The van der Waals surface area contributed by atoms with E-state index in [0.717, 1.165) is 11.6 Å². The van der Waals surface area contributed by atoms with Gasteiger partial charge in [0.2, 0.25) is 5.89 Å². The van der Waals surface area contributed by atoms with Crippen molar-refractivity contribution in [3.05, 3.63) is 52.9 Å². The van der Waals surface area contributed by atoms with Gasteiger partial charge >= 0.3 is 0 Å². The number of halogens is 2. The van der Waals surface area contributed by atoms with E-state index in [-0.39, 0.29) is 28.6 Å². The standard InChI is InChI=1S/C21H23ClFN5O3S/c1-21(2,3)20-27-26-19(31-20)14-6-16-17(7-15(14)23)32(29,30)11-13(24)10-28(16)9-12-4-5-18(22)25-8-12/h4-8,13H,9-11,24H2,1-3H3/t13-/m1/s1. The van der Waals surface area contributed by atoms with E-state index < -0.39 is 27.1 Å². The molecule has 0 unspecified atom stereocenters. The van der Waals surface area contributed by atoms with Crippen LogP contribution in [0.2, 0.25) is 5.15 Å². The fourth-order valence-electron chi connectivity index (χ4n) is 3.51. The van der Waals surface area contributed by atoms with Crippen LogP contribution in [0.15, 0.2) is 39.8 Å². The van der Waals surface area contributed by atoms with Gasteiger partial charge in [0.25, 0.3) is 5.89 Å². The first-order valence-electron chi connectivity index (χ1n) is 9.95. The van der Waals surface area contributed by atoms with Crippen molar-refractivity contribution in [1.82, 2.24) is 15.2 Å². The minimum Gasteiger partial charge on any atom is -0.420 e. The monoisotopic (exact) mass is 479 g/mol. The molecule has 8 nitrogen and oxygen atoms in total. The molecule has 3 aromatic rings. The van der Waals surface area contributed by atoms with Gasteiger partial charge in [-0.3, -0.25) is 0 Å². The van der Waals surface area contributed by atoms with Gasteiger partial charge in [-0.1, -0.05) is 38.4 Å². The summed E-state index contributed by atoms with van der Waals surface area (Å²) in [4.78, 5) is 5.74. The molecule has 32 heavy (non-hydrogen) atoms. The molecule has 0 radical (unpaired) electrons. The molecular weight excluding hydrogens is 457 g/mol. The normalized spacial score (nSPS) is 18.3. The highest BCUT2D eigenvalue weighted by molar-refractivity contribution is 7.91. The number of hydrogen-bond acceptors (Lipinski definition) is 8. The third-order valence-corrected chi connectivity index (χ3v) is 7.16. The molecular formula is C21H23ClFN5O3S. The molecule has 1 aliphatic rings. The highest BCUT2D eigenvalue weighted by Crippen LogP contribution is 2.37. The molecule has 0 fully saturated rings. The van der Waals surface area contributed by atoms with Gasteiger partial charge in [0, 0.05) is 30.7 Å². The number of pyridine rings is 1. The quantitative estimate of drug-likeness (QED) is 0.568. The molecule has 0 amide bonds. The molecule has 170 valence electrons. The van der Waals surface area contributed by atoms with Gasteiger partial charge in [-0.15, -0.1) is 10.2 Å².